The van der Waals surface area contributed by atoms with E-state index in [9.17, 15) is 4.79 Å². The van der Waals surface area contributed by atoms with Gasteiger partial charge in [-0.25, -0.2) is 0 Å². The zero-order valence-corrected chi connectivity index (χ0v) is 15.3. The van der Waals surface area contributed by atoms with Crippen LogP contribution in [0.4, 0.5) is 0 Å². The number of halogens is 1. The molecule has 5 heteroatoms. The first-order valence-electron chi connectivity index (χ1n) is 7.39. The van der Waals surface area contributed by atoms with Crippen LogP contribution in [0.1, 0.15) is 24.5 Å². The maximum atomic E-state index is 12.7. The maximum absolute atomic E-state index is 12.7. The first-order valence-corrected chi connectivity index (χ1v) is 10.3. The van der Waals surface area contributed by atoms with E-state index in [2.05, 4.69) is 28.9 Å². The summed E-state index contributed by atoms with van der Waals surface area (Å²) in [7, 11) is 0. The van der Waals surface area contributed by atoms with Gasteiger partial charge in [0.2, 0.25) is 0 Å². The molecule has 3 rings (SSSR count). The van der Waals surface area contributed by atoms with Crippen LogP contribution in [0.3, 0.4) is 0 Å². The van der Waals surface area contributed by atoms with Gasteiger partial charge in [-0.15, -0.1) is 11.8 Å². The molecule has 0 spiro atoms. The van der Waals surface area contributed by atoms with Crippen molar-refractivity contribution in [2.75, 3.05) is 18.1 Å². The summed E-state index contributed by atoms with van der Waals surface area (Å²) >= 11 is 7.35. The highest BCUT2D eigenvalue weighted by molar-refractivity contribution is 9.10. The van der Waals surface area contributed by atoms with Gasteiger partial charge in [-0.05, 0) is 24.1 Å². The van der Waals surface area contributed by atoms with Gasteiger partial charge < -0.3 is 4.74 Å². The molecule has 114 valence electrons. The molecule has 0 N–H and O–H groups in total. The van der Waals surface area contributed by atoms with Crippen molar-refractivity contribution in [2.24, 2.45) is 0 Å². The number of fused-ring (bicyclic) bond motifs is 1. The fraction of sp³-hybridized carbons (Fsp3) is 0.562. The zero-order chi connectivity index (χ0) is 14.8. The van der Waals surface area contributed by atoms with E-state index in [-0.39, 0.29) is 5.25 Å². The van der Waals surface area contributed by atoms with Crippen LogP contribution >= 0.6 is 39.5 Å². The third kappa shape index (κ3) is 3.45. The number of ketones is 1. The average Bonchev–Trinajstić information content (AvgIpc) is 2.95. The summed E-state index contributed by atoms with van der Waals surface area (Å²) in [4.78, 5) is 12.7. The second kappa shape index (κ2) is 6.97. The lowest BCUT2D eigenvalue weighted by Crippen LogP contribution is -2.33. The topological polar surface area (TPSA) is 26.3 Å². The number of hydrogen-bond donors (Lipinski definition) is 0. The second-order valence-corrected chi connectivity index (χ2v) is 8.92. The van der Waals surface area contributed by atoms with E-state index in [1.54, 1.807) is 0 Å². The minimum atomic E-state index is 0.143. The van der Waals surface area contributed by atoms with Crippen LogP contribution in [0.2, 0.25) is 0 Å². The normalized spacial score (nSPS) is 24.5. The molecule has 2 aliphatic heterocycles. The third-order valence-corrected chi connectivity index (χ3v) is 7.71. The van der Waals surface area contributed by atoms with Crippen molar-refractivity contribution in [3.05, 3.63) is 27.7 Å². The smallest absolute Gasteiger partial charge is 0.151 e. The summed E-state index contributed by atoms with van der Waals surface area (Å²) in [6.07, 6.45) is 2.51. The first kappa shape index (κ1) is 15.8. The number of benzene rings is 1. The first-order chi connectivity index (χ1) is 10.2. The van der Waals surface area contributed by atoms with Crippen LogP contribution in [-0.2, 0) is 17.6 Å². The van der Waals surface area contributed by atoms with E-state index in [0.29, 0.717) is 17.5 Å². The minimum absolute atomic E-state index is 0.143. The Morgan fingerprint density at radius 1 is 1.38 bits per heavy atom. The number of ether oxygens (including phenoxy) is 1. The Morgan fingerprint density at radius 3 is 3.00 bits per heavy atom. The summed E-state index contributed by atoms with van der Waals surface area (Å²) in [6.45, 7) is 2.92. The highest BCUT2D eigenvalue weighted by Gasteiger charge is 2.31. The molecular formula is C16H19BrO2S2. The molecule has 2 unspecified atom stereocenters. The lowest BCUT2D eigenvalue weighted by Gasteiger charge is -2.29. The van der Waals surface area contributed by atoms with Crippen molar-refractivity contribution in [3.63, 3.8) is 0 Å². The van der Waals surface area contributed by atoms with Crippen molar-refractivity contribution in [3.8, 4) is 5.75 Å². The van der Waals surface area contributed by atoms with Gasteiger partial charge in [0.15, 0.2) is 5.78 Å². The van der Waals surface area contributed by atoms with Gasteiger partial charge >= 0.3 is 0 Å². The van der Waals surface area contributed by atoms with E-state index >= 15 is 0 Å². The Bertz CT molecular complexity index is 547. The summed E-state index contributed by atoms with van der Waals surface area (Å²) in [5.74, 6) is 3.57. The highest BCUT2D eigenvalue weighted by Crippen LogP contribution is 2.37. The number of rotatable bonds is 4. The quantitative estimate of drug-likeness (QED) is 0.776. The highest BCUT2D eigenvalue weighted by atomic mass is 79.9. The van der Waals surface area contributed by atoms with Crippen molar-refractivity contribution < 1.29 is 9.53 Å². The lowest BCUT2D eigenvalue weighted by atomic mass is 10.0. The molecule has 0 bridgehead atoms. The fourth-order valence-corrected chi connectivity index (χ4v) is 6.56. The molecule has 1 aromatic rings. The predicted molar refractivity (Wildman–Crippen MR) is 94.8 cm³/mol. The molecule has 21 heavy (non-hydrogen) atoms. The Balaban J connectivity index is 1.78. The number of Topliss-reactive ketones (excluding diaryl/α,β-unsaturated/α-hetero) is 1. The van der Waals surface area contributed by atoms with Crippen LogP contribution in [-0.4, -0.2) is 34.4 Å². The third-order valence-electron chi connectivity index (χ3n) is 3.96. The largest absolute Gasteiger partial charge is 0.493 e. The monoisotopic (exact) mass is 386 g/mol. The van der Waals surface area contributed by atoms with E-state index in [0.717, 1.165) is 41.0 Å². The number of carbonyl (C=O) groups is 1. The summed E-state index contributed by atoms with van der Waals surface area (Å²) in [5, 5.41) is 0.613. The Morgan fingerprint density at radius 2 is 2.19 bits per heavy atom. The molecule has 0 saturated carbocycles. The van der Waals surface area contributed by atoms with Gasteiger partial charge in [-0.3, -0.25) is 4.79 Å². The van der Waals surface area contributed by atoms with Crippen molar-refractivity contribution >= 4 is 45.2 Å². The van der Waals surface area contributed by atoms with Gasteiger partial charge in [0.25, 0.3) is 0 Å². The van der Waals surface area contributed by atoms with Gasteiger partial charge in [0.05, 0.1) is 11.9 Å². The van der Waals surface area contributed by atoms with Crippen molar-refractivity contribution in [2.45, 2.75) is 36.7 Å². The van der Waals surface area contributed by atoms with Gasteiger partial charge in [-0.2, -0.15) is 11.8 Å². The molecule has 0 radical (unpaired) electrons. The van der Waals surface area contributed by atoms with E-state index in [1.807, 2.05) is 29.6 Å². The van der Waals surface area contributed by atoms with Crippen LogP contribution in [0, 0.1) is 0 Å². The molecule has 1 saturated heterocycles. The lowest BCUT2D eigenvalue weighted by molar-refractivity contribution is -0.118. The number of thioether (sulfide) groups is 2. The molecule has 0 aromatic heterocycles. The summed E-state index contributed by atoms with van der Waals surface area (Å²) in [5.41, 5.74) is 2.28. The predicted octanol–water partition coefficient (Wildman–Crippen LogP) is 4.12. The molecule has 2 nitrogen and oxygen atoms in total. The van der Waals surface area contributed by atoms with Gasteiger partial charge in [0, 0.05) is 39.6 Å². The number of hydrogen-bond acceptors (Lipinski definition) is 4. The van der Waals surface area contributed by atoms with Crippen LogP contribution in [0.15, 0.2) is 16.6 Å². The molecular weight excluding hydrogens is 368 g/mol. The summed E-state index contributed by atoms with van der Waals surface area (Å²) in [6, 6.07) is 4.15. The Kier molecular flexibility index (Phi) is 5.23. The molecule has 2 atom stereocenters. The fourth-order valence-electron chi connectivity index (χ4n) is 2.97. The summed E-state index contributed by atoms with van der Waals surface area (Å²) < 4.78 is 6.79. The van der Waals surface area contributed by atoms with Gasteiger partial charge in [-0.1, -0.05) is 22.9 Å². The van der Waals surface area contributed by atoms with Crippen molar-refractivity contribution in [1.29, 1.82) is 0 Å². The van der Waals surface area contributed by atoms with Gasteiger partial charge in [0.1, 0.15) is 5.75 Å². The molecule has 0 aliphatic carbocycles. The average molecular weight is 387 g/mol. The number of carbonyl (C=O) groups excluding carboxylic acids is 1. The molecule has 2 aliphatic rings. The van der Waals surface area contributed by atoms with Crippen molar-refractivity contribution in [1.82, 2.24) is 0 Å². The zero-order valence-electron chi connectivity index (χ0n) is 12.1. The molecule has 2 heterocycles. The Hall–Kier alpha value is -0.130. The van der Waals surface area contributed by atoms with Crippen LogP contribution in [0.25, 0.3) is 0 Å². The van der Waals surface area contributed by atoms with E-state index < -0.39 is 0 Å². The molecule has 1 fully saturated rings. The Labute approximate surface area is 142 Å². The van der Waals surface area contributed by atoms with E-state index in [1.165, 1.54) is 11.3 Å². The second-order valence-electron chi connectivity index (χ2n) is 5.40. The maximum Gasteiger partial charge on any atom is 0.151 e. The molecule has 0 amide bonds. The van der Waals surface area contributed by atoms with Crippen LogP contribution in [0.5, 0.6) is 5.75 Å². The standard InChI is InChI=1S/C16H19BrO2S2/c1-2-14-16(21-6-5-20-14)13(18)9-11-8-12(17)7-10-3-4-19-15(10)11/h7-8,14,16H,2-6,9H2,1H3. The van der Waals surface area contributed by atoms with Crippen LogP contribution < -0.4 is 4.74 Å². The minimum Gasteiger partial charge on any atom is -0.493 e. The SMILES string of the molecule is CCC1SCCSC1C(=O)Cc1cc(Br)cc2c1OCC2. The molecule has 1 aromatic carbocycles. The van der Waals surface area contributed by atoms with E-state index in [4.69, 9.17) is 4.74 Å².